The third kappa shape index (κ3) is 2.22. The molecule has 3 nitrogen and oxygen atoms in total. The van der Waals surface area contributed by atoms with Gasteiger partial charge in [-0.15, -0.1) is 0 Å². The Morgan fingerprint density at radius 1 is 1.38 bits per heavy atom. The van der Waals surface area contributed by atoms with E-state index >= 15 is 0 Å². The third-order valence-electron chi connectivity index (χ3n) is 2.31. The van der Waals surface area contributed by atoms with Crippen molar-refractivity contribution in [1.29, 1.82) is 0 Å². The molecule has 82 valence electrons. The summed E-state index contributed by atoms with van der Waals surface area (Å²) in [5.74, 6) is 0.707. The Morgan fingerprint density at radius 2 is 2.06 bits per heavy atom. The van der Waals surface area contributed by atoms with Crippen molar-refractivity contribution in [3.8, 4) is 11.4 Å². The molecule has 0 fully saturated rings. The first kappa shape index (κ1) is 11.1. The zero-order chi connectivity index (χ0) is 11.5. The number of alkyl halides is 1. The van der Waals surface area contributed by atoms with Crippen LogP contribution in [0.5, 0.6) is 0 Å². The number of imidazole rings is 1. The van der Waals surface area contributed by atoms with Gasteiger partial charge in [0.15, 0.2) is 5.78 Å². The van der Waals surface area contributed by atoms with Crippen LogP contribution in [0.25, 0.3) is 11.4 Å². The van der Waals surface area contributed by atoms with Crippen LogP contribution in [0.15, 0.2) is 30.5 Å². The number of carbonyl (C=O) groups is 1. The van der Waals surface area contributed by atoms with E-state index in [0.29, 0.717) is 11.0 Å². The van der Waals surface area contributed by atoms with Crippen molar-refractivity contribution in [2.45, 2.75) is 6.92 Å². The molecule has 2 rings (SSSR count). The van der Waals surface area contributed by atoms with Gasteiger partial charge in [-0.25, -0.2) is 4.98 Å². The van der Waals surface area contributed by atoms with E-state index in [2.05, 4.69) is 25.9 Å². The van der Waals surface area contributed by atoms with Crippen LogP contribution in [-0.2, 0) is 0 Å². The van der Waals surface area contributed by atoms with Gasteiger partial charge in [0.1, 0.15) is 11.5 Å². The lowest BCUT2D eigenvalue weighted by atomic mass is 10.1. The fourth-order valence-electron chi connectivity index (χ4n) is 1.39. The average molecular weight is 279 g/mol. The van der Waals surface area contributed by atoms with Gasteiger partial charge in [-0.1, -0.05) is 45.8 Å². The highest BCUT2D eigenvalue weighted by molar-refractivity contribution is 9.09. The van der Waals surface area contributed by atoms with Crippen molar-refractivity contribution in [3.05, 3.63) is 41.7 Å². The molecule has 0 spiro atoms. The van der Waals surface area contributed by atoms with Gasteiger partial charge in [0.25, 0.3) is 0 Å². The molecule has 0 saturated carbocycles. The average Bonchev–Trinajstić information content (AvgIpc) is 2.78. The van der Waals surface area contributed by atoms with Crippen molar-refractivity contribution < 1.29 is 4.79 Å². The predicted molar refractivity (Wildman–Crippen MR) is 66.9 cm³/mol. The molecule has 0 radical (unpaired) electrons. The Bertz CT molecular complexity index is 502. The minimum atomic E-state index is -0.0189. The summed E-state index contributed by atoms with van der Waals surface area (Å²) in [6.07, 6.45) is 1.64. The smallest absolute Gasteiger partial charge is 0.193 e. The fraction of sp³-hybridized carbons (Fsp3) is 0.167. The van der Waals surface area contributed by atoms with Crippen molar-refractivity contribution in [3.63, 3.8) is 0 Å². The summed E-state index contributed by atoms with van der Waals surface area (Å²) in [4.78, 5) is 18.6. The Hall–Kier alpha value is -1.42. The number of nitrogens with one attached hydrogen (secondary N) is 1. The van der Waals surface area contributed by atoms with Crippen molar-refractivity contribution in [2.75, 3.05) is 5.33 Å². The summed E-state index contributed by atoms with van der Waals surface area (Å²) in [6.45, 7) is 2.03. The fourth-order valence-corrected chi connectivity index (χ4v) is 1.68. The van der Waals surface area contributed by atoms with E-state index in [-0.39, 0.29) is 5.78 Å². The monoisotopic (exact) mass is 278 g/mol. The summed E-state index contributed by atoms with van der Waals surface area (Å²) >= 11 is 3.12. The van der Waals surface area contributed by atoms with Gasteiger partial charge in [-0.3, -0.25) is 4.79 Å². The molecule has 0 aliphatic heterocycles. The molecule has 1 heterocycles. The van der Waals surface area contributed by atoms with E-state index < -0.39 is 0 Å². The molecule has 0 amide bonds. The van der Waals surface area contributed by atoms with E-state index in [0.717, 1.165) is 11.4 Å². The van der Waals surface area contributed by atoms with Gasteiger partial charge in [0, 0.05) is 11.8 Å². The first-order chi connectivity index (χ1) is 7.70. The summed E-state index contributed by atoms with van der Waals surface area (Å²) in [5.41, 5.74) is 2.65. The number of ketones is 1. The summed E-state index contributed by atoms with van der Waals surface area (Å²) in [6, 6.07) is 8.00. The highest BCUT2D eigenvalue weighted by Crippen LogP contribution is 2.16. The summed E-state index contributed by atoms with van der Waals surface area (Å²) < 4.78 is 0. The number of halogens is 1. The number of hydrogen-bond donors (Lipinski definition) is 1. The minimum absolute atomic E-state index is 0.0189. The number of aryl methyl sites for hydroxylation is 1. The quantitative estimate of drug-likeness (QED) is 0.693. The van der Waals surface area contributed by atoms with Gasteiger partial charge in [0.05, 0.1) is 5.33 Å². The lowest BCUT2D eigenvalue weighted by Gasteiger charge is -1.96. The number of Topliss-reactive ketones (excluding diaryl/α,β-unsaturated/α-hetero) is 1. The molecule has 0 aliphatic carbocycles. The number of aromatic amines is 1. The highest BCUT2D eigenvalue weighted by Gasteiger charge is 2.09. The van der Waals surface area contributed by atoms with Crippen LogP contribution in [0.3, 0.4) is 0 Å². The molecule has 0 saturated heterocycles. The van der Waals surface area contributed by atoms with Crippen molar-refractivity contribution >= 4 is 21.7 Å². The molecular formula is C12H11BrN2O. The first-order valence-electron chi connectivity index (χ1n) is 4.92. The van der Waals surface area contributed by atoms with Crippen LogP contribution < -0.4 is 0 Å². The molecule has 1 aromatic heterocycles. The molecule has 0 aliphatic rings. The van der Waals surface area contributed by atoms with E-state index in [4.69, 9.17) is 0 Å². The Balaban J connectivity index is 2.31. The van der Waals surface area contributed by atoms with Gasteiger partial charge in [-0.05, 0) is 6.92 Å². The molecular weight excluding hydrogens is 268 g/mol. The molecule has 2 aromatic rings. The number of aromatic nitrogens is 2. The molecule has 0 unspecified atom stereocenters. The van der Waals surface area contributed by atoms with Crippen LogP contribution in [0.2, 0.25) is 0 Å². The Morgan fingerprint density at radius 3 is 2.69 bits per heavy atom. The zero-order valence-corrected chi connectivity index (χ0v) is 10.4. The second-order valence-corrected chi connectivity index (χ2v) is 4.12. The van der Waals surface area contributed by atoms with E-state index in [1.54, 1.807) is 6.20 Å². The largest absolute Gasteiger partial charge is 0.344 e. The topological polar surface area (TPSA) is 45.8 Å². The van der Waals surface area contributed by atoms with Crippen LogP contribution in [0.1, 0.15) is 16.1 Å². The minimum Gasteiger partial charge on any atom is -0.344 e. The molecule has 0 atom stereocenters. The molecule has 16 heavy (non-hydrogen) atoms. The van der Waals surface area contributed by atoms with Crippen LogP contribution in [-0.4, -0.2) is 21.1 Å². The summed E-state index contributed by atoms with van der Waals surface area (Å²) in [5, 5.41) is 0.297. The van der Waals surface area contributed by atoms with E-state index in [9.17, 15) is 4.79 Å². The van der Waals surface area contributed by atoms with Crippen molar-refractivity contribution in [1.82, 2.24) is 9.97 Å². The van der Waals surface area contributed by atoms with E-state index in [1.807, 2.05) is 31.2 Å². The summed E-state index contributed by atoms with van der Waals surface area (Å²) in [7, 11) is 0. The molecule has 1 N–H and O–H groups in total. The second-order valence-electron chi connectivity index (χ2n) is 3.56. The number of carbonyl (C=O) groups excluding carboxylic acids is 1. The maximum atomic E-state index is 11.4. The van der Waals surface area contributed by atoms with Crippen LogP contribution in [0.4, 0.5) is 0 Å². The lowest BCUT2D eigenvalue weighted by Crippen LogP contribution is -1.99. The SMILES string of the molecule is Cc1ccc(-c2nc(C(=O)CBr)c[nH]2)cc1. The number of H-pyrrole nitrogens is 1. The maximum absolute atomic E-state index is 11.4. The number of hydrogen-bond acceptors (Lipinski definition) is 2. The predicted octanol–water partition coefficient (Wildman–Crippen LogP) is 2.96. The number of rotatable bonds is 3. The molecule has 4 heteroatoms. The maximum Gasteiger partial charge on any atom is 0.193 e. The standard InChI is InChI=1S/C12H11BrN2O/c1-8-2-4-9(5-3-8)12-14-7-10(15-12)11(16)6-13/h2-5,7H,6H2,1H3,(H,14,15). The number of benzene rings is 1. The Kier molecular flexibility index (Phi) is 3.19. The molecule has 0 bridgehead atoms. The molecule has 1 aromatic carbocycles. The van der Waals surface area contributed by atoms with Gasteiger partial charge < -0.3 is 4.98 Å². The highest BCUT2D eigenvalue weighted by atomic mass is 79.9. The normalized spacial score (nSPS) is 10.4. The number of nitrogens with zero attached hydrogens (tertiary/aromatic N) is 1. The van der Waals surface area contributed by atoms with Crippen LogP contribution in [0, 0.1) is 6.92 Å². The first-order valence-corrected chi connectivity index (χ1v) is 6.04. The van der Waals surface area contributed by atoms with E-state index in [1.165, 1.54) is 5.56 Å². The second kappa shape index (κ2) is 4.61. The Labute approximate surface area is 102 Å². The zero-order valence-electron chi connectivity index (χ0n) is 8.83. The van der Waals surface area contributed by atoms with Gasteiger partial charge in [-0.2, -0.15) is 0 Å². The van der Waals surface area contributed by atoms with Gasteiger partial charge in [0.2, 0.25) is 0 Å². The lowest BCUT2D eigenvalue weighted by molar-refractivity contribution is 0.101. The van der Waals surface area contributed by atoms with Gasteiger partial charge >= 0.3 is 0 Å². The van der Waals surface area contributed by atoms with Crippen LogP contribution >= 0.6 is 15.9 Å². The van der Waals surface area contributed by atoms with Crippen molar-refractivity contribution in [2.24, 2.45) is 0 Å². The third-order valence-corrected chi connectivity index (χ3v) is 2.82.